The van der Waals surface area contributed by atoms with Gasteiger partial charge in [-0.3, -0.25) is 9.48 Å². The van der Waals surface area contributed by atoms with E-state index in [1.54, 1.807) is 23.6 Å². The van der Waals surface area contributed by atoms with Crippen molar-refractivity contribution in [1.82, 2.24) is 19.6 Å². The van der Waals surface area contributed by atoms with Crippen molar-refractivity contribution >= 4 is 35.2 Å². The van der Waals surface area contributed by atoms with Crippen molar-refractivity contribution < 1.29 is 23.5 Å². The molecule has 0 spiro atoms. The highest BCUT2D eigenvalue weighted by Gasteiger charge is 2.46. The molecule has 0 radical (unpaired) electrons. The van der Waals surface area contributed by atoms with Gasteiger partial charge in [-0.2, -0.15) is 5.10 Å². The van der Waals surface area contributed by atoms with Crippen molar-refractivity contribution in [2.45, 2.75) is 38.4 Å². The van der Waals surface area contributed by atoms with Crippen molar-refractivity contribution in [3.63, 3.8) is 0 Å². The molecule has 2 aliphatic rings. The van der Waals surface area contributed by atoms with Gasteiger partial charge in [-0.25, -0.2) is 14.0 Å². The molecule has 0 saturated heterocycles. The van der Waals surface area contributed by atoms with Crippen LogP contribution in [0.25, 0.3) is 0 Å². The largest absolute Gasteiger partial charge is 0.467 e. The minimum Gasteiger partial charge on any atom is -0.467 e. The molecular weight excluding hydrogens is 441 g/mol. The van der Waals surface area contributed by atoms with Crippen LogP contribution in [0.4, 0.5) is 14.9 Å². The number of fused-ring (bicyclic) bond motifs is 3. The van der Waals surface area contributed by atoms with Crippen LogP contribution < -0.4 is 5.32 Å². The molecule has 0 bridgehead atoms. The van der Waals surface area contributed by atoms with E-state index < -0.39 is 23.4 Å². The number of carbonyl (C=O) groups is 3. The maximum Gasteiger partial charge on any atom is 0.331 e. The summed E-state index contributed by atoms with van der Waals surface area (Å²) in [5.41, 5.74) is 1.04. The average Bonchev–Trinajstić information content (AvgIpc) is 3.11. The van der Waals surface area contributed by atoms with Gasteiger partial charge in [0.25, 0.3) is 5.91 Å². The summed E-state index contributed by atoms with van der Waals surface area (Å²) >= 11 is 5.79. The Balaban J connectivity index is 1.58. The van der Waals surface area contributed by atoms with Crippen molar-refractivity contribution in [3.8, 4) is 0 Å². The number of esters is 1. The number of anilines is 1. The van der Waals surface area contributed by atoms with Crippen molar-refractivity contribution in [2.24, 2.45) is 0 Å². The number of halogens is 2. The molecule has 2 aromatic rings. The zero-order valence-corrected chi connectivity index (χ0v) is 18.7. The van der Waals surface area contributed by atoms with Gasteiger partial charge >= 0.3 is 12.0 Å². The van der Waals surface area contributed by atoms with Crippen molar-refractivity contribution in [1.29, 1.82) is 0 Å². The van der Waals surface area contributed by atoms with Crippen molar-refractivity contribution in [2.75, 3.05) is 26.0 Å². The van der Waals surface area contributed by atoms with E-state index in [0.29, 0.717) is 42.9 Å². The van der Waals surface area contributed by atoms with Crippen molar-refractivity contribution in [3.05, 3.63) is 46.0 Å². The van der Waals surface area contributed by atoms with Crippen LogP contribution >= 0.6 is 11.6 Å². The number of nitrogens with one attached hydrogen (secondary N) is 1. The smallest absolute Gasteiger partial charge is 0.331 e. The lowest BCUT2D eigenvalue weighted by Gasteiger charge is -2.34. The van der Waals surface area contributed by atoms with Crippen LogP contribution in [0.5, 0.6) is 0 Å². The van der Waals surface area contributed by atoms with Gasteiger partial charge in [0, 0.05) is 44.2 Å². The molecule has 3 heterocycles. The molecule has 1 aromatic carbocycles. The quantitative estimate of drug-likeness (QED) is 0.691. The van der Waals surface area contributed by atoms with Crippen LogP contribution in [0, 0.1) is 5.82 Å². The first-order chi connectivity index (χ1) is 15.2. The second kappa shape index (κ2) is 8.09. The molecule has 0 fully saturated rings. The molecular formula is C21H23ClFN5O4. The zero-order chi connectivity index (χ0) is 23.2. The Bertz CT molecular complexity index is 1120. The third-order valence-corrected chi connectivity index (χ3v) is 6.53. The first kappa shape index (κ1) is 22.1. The highest BCUT2D eigenvalue weighted by molar-refractivity contribution is 6.31. The molecule has 1 N–H and O–H groups in total. The summed E-state index contributed by atoms with van der Waals surface area (Å²) in [5.74, 6) is -1.42. The van der Waals surface area contributed by atoms with Crippen LogP contribution in [-0.2, 0) is 29.0 Å². The van der Waals surface area contributed by atoms with E-state index in [2.05, 4.69) is 10.4 Å². The molecule has 32 heavy (non-hydrogen) atoms. The molecule has 1 unspecified atom stereocenters. The zero-order valence-electron chi connectivity index (χ0n) is 17.9. The van der Waals surface area contributed by atoms with Gasteiger partial charge in [0.15, 0.2) is 0 Å². The van der Waals surface area contributed by atoms with Crippen LogP contribution in [0.3, 0.4) is 0 Å². The maximum atomic E-state index is 13.4. The molecule has 1 aromatic heterocycles. The molecule has 11 heteroatoms. The van der Waals surface area contributed by atoms with Crippen LogP contribution in [-0.4, -0.2) is 63.7 Å². The van der Waals surface area contributed by atoms with E-state index in [-0.39, 0.29) is 17.5 Å². The molecule has 1 atom stereocenters. The first-order valence-corrected chi connectivity index (χ1v) is 10.5. The minimum absolute atomic E-state index is 0.0898. The standard InChI is InChI=1S/C21H23ClFN5O4/c1-21(19(30)32-3)7-9-28-17(18(29)26(21)2)13-11-27(8-6-16(13)25-28)20(31)24-12-4-5-15(23)14(22)10-12/h4-5,10H,6-9,11H2,1-3H3,(H,24,31). The number of hydrogen-bond donors (Lipinski definition) is 1. The maximum absolute atomic E-state index is 13.4. The van der Waals surface area contributed by atoms with E-state index in [4.69, 9.17) is 16.3 Å². The molecule has 9 nitrogen and oxygen atoms in total. The number of benzene rings is 1. The molecule has 0 aliphatic carbocycles. The number of carbonyl (C=O) groups excluding carboxylic acids is 3. The number of nitrogens with zero attached hydrogens (tertiary/aromatic N) is 4. The van der Waals surface area contributed by atoms with Gasteiger partial charge in [0.1, 0.15) is 17.1 Å². The number of aryl methyl sites for hydroxylation is 1. The van der Waals surface area contributed by atoms with Gasteiger partial charge in [-0.05, 0) is 25.1 Å². The SMILES string of the molecule is COC(=O)C1(C)CCn2nc3c(c2C(=O)N1C)CN(C(=O)Nc1ccc(F)c(Cl)c1)CC3. The number of amides is 3. The fourth-order valence-corrected chi connectivity index (χ4v) is 4.29. The van der Waals surface area contributed by atoms with Gasteiger partial charge in [0.2, 0.25) is 0 Å². The van der Waals surface area contributed by atoms with Crippen LogP contribution in [0.15, 0.2) is 18.2 Å². The topological polar surface area (TPSA) is 96.8 Å². The second-order valence-corrected chi connectivity index (χ2v) is 8.51. The number of hydrogen-bond acceptors (Lipinski definition) is 5. The lowest BCUT2D eigenvalue weighted by atomic mass is 9.96. The number of methoxy groups -OCH3 is 1. The second-order valence-electron chi connectivity index (χ2n) is 8.11. The summed E-state index contributed by atoms with van der Waals surface area (Å²) < 4.78 is 19.9. The average molecular weight is 464 g/mol. The Labute approximate surface area is 189 Å². The van der Waals surface area contributed by atoms with Crippen LogP contribution in [0.2, 0.25) is 5.02 Å². The van der Waals surface area contributed by atoms with E-state index in [1.807, 2.05) is 0 Å². The fraction of sp³-hybridized carbons (Fsp3) is 0.429. The Kier molecular flexibility index (Phi) is 5.58. The normalized spacial score (nSPS) is 20.3. The minimum atomic E-state index is -1.12. The summed E-state index contributed by atoms with van der Waals surface area (Å²) in [6.45, 7) is 2.63. The van der Waals surface area contributed by atoms with E-state index in [1.165, 1.54) is 30.2 Å². The predicted molar refractivity (Wildman–Crippen MR) is 114 cm³/mol. The van der Waals surface area contributed by atoms with Gasteiger partial charge < -0.3 is 19.9 Å². The third kappa shape index (κ3) is 3.58. The third-order valence-electron chi connectivity index (χ3n) is 6.24. The number of rotatable bonds is 2. The van der Waals surface area contributed by atoms with Gasteiger partial charge in [0.05, 0.1) is 24.4 Å². The highest BCUT2D eigenvalue weighted by atomic mass is 35.5. The van der Waals surface area contributed by atoms with E-state index in [9.17, 15) is 18.8 Å². The fourth-order valence-electron chi connectivity index (χ4n) is 4.11. The van der Waals surface area contributed by atoms with E-state index >= 15 is 0 Å². The number of aromatic nitrogens is 2. The molecule has 4 rings (SSSR count). The Morgan fingerprint density at radius 3 is 2.75 bits per heavy atom. The number of urea groups is 1. The molecule has 0 saturated carbocycles. The summed E-state index contributed by atoms with van der Waals surface area (Å²) in [5, 5.41) is 7.20. The highest BCUT2D eigenvalue weighted by Crippen LogP contribution is 2.31. The first-order valence-electron chi connectivity index (χ1n) is 10.1. The summed E-state index contributed by atoms with van der Waals surface area (Å²) in [7, 11) is 2.86. The number of likely N-dealkylation sites (N-methyl/N-ethyl adjacent to an activating group) is 1. The summed E-state index contributed by atoms with van der Waals surface area (Å²) in [6.07, 6.45) is 0.836. The molecule has 3 amide bonds. The van der Waals surface area contributed by atoms with E-state index in [0.717, 1.165) is 5.69 Å². The lowest BCUT2D eigenvalue weighted by Crippen LogP contribution is -2.53. The van der Waals surface area contributed by atoms with Gasteiger partial charge in [-0.15, -0.1) is 0 Å². The molecule has 170 valence electrons. The predicted octanol–water partition coefficient (Wildman–Crippen LogP) is 2.67. The molecule has 2 aliphatic heterocycles. The lowest BCUT2D eigenvalue weighted by molar-refractivity contribution is -0.152. The number of ether oxygens (including phenoxy) is 1. The summed E-state index contributed by atoms with van der Waals surface area (Å²) in [6, 6.07) is 3.54. The monoisotopic (exact) mass is 463 g/mol. The van der Waals surface area contributed by atoms with Gasteiger partial charge in [-0.1, -0.05) is 11.6 Å². The Hall–Kier alpha value is -3.14. The summed E-state index contributed by atoms with van der Waals surface area (Å²) in [4.78, 5) is 41.5. The Morgan fingerprint density at radius 2 is 2.06 bits per heavy atom. The van der Waals surface area contributed by atoms with Crippen LogP contribution in [0.1, 0.15) is 35.1 Å². The Morgan fingerprint density at radius 1 is 1.31 bits per heavy atom.